The van der Waals surface area contributed by atoms with E-state index in [4.69, 9.17) is 4.43 Å². The van der Waals surface area contributed by atoms with Crippen LogP contribution in [0.15, 0.2) is 72.8 Å². The third-order valence-electron chi connectivity index (χ3n) is 4.07. The van der Waals surface area contributed by atoms with Gasteiger partial charge in [0, 0.05) is 15.9 Å². The summed E-state index contributed by atoms with van der Waals surface area (Å²) < 4.78 is 6.68. The molecule has 0 amide bonds. The molecule has 0 radical (unpaired) electrons. The van der Waals surface area contributed by atoms with Crippen molar-refractivity contribution >= 4 is 34.6 Å². The van der Waals surface area contributed by atoms with Gasteiger partial charge in [-0.15, -0.1) is 0 Å². The van der Waals surface area contributed by atoms with E-state index in [0.29, 0.717) is 6.61 Å². The molecule has 0 aliphatic rings. The van der Waals surface area contributed by atoms with E-state index in [2.05, 4.69) is 108 Å². The van der Waals surface area contributed by atoms with E-state index in [1.807, 2.05) is 12.2 Å². The summed E-state index contributed by atoms with van der Waals surface area (Å²) in [6, 6.07) is 21.3. The molecule has 0 spiro atoms. The molecule has 2 aromatic carbocycles. The Morgan fingerprint density at radius 3 is 1.88 bits per heavy atom. The Kier molecular flexibility index (Phi) is 6.62. The summed E-state index contributed by atoms with van der Waals surface area (Å²) in [6.45, 7) is 7.39. The van der Waals surface area contributed by atoms with Gasteiger partial charge < -0.3 is 4.43 Å². The Bertz CT molecular complexity index is 682. The molecule has 2 rings (SSSR count). The van der Waals surface area contributed by atoms with E-state index in [-0.39, 0.29) is 5.04 Å². The topological polar surface area (TPSA) is 9.23 Å². The normalized spacial score (nSPS) is 12.0. The Labute approximate surface area is 155 Å². The predicted octanol–water partition coefficient (Wildman–Crippen LogP) is 4.48. The maximum atomic E-state index is 6.68. The predicted molar refractivity (Wildman–Crippen MR) is 109 cm³/mol. The van der Waals surface area contributed by atoms with Gasteiger partial charge in [0.15, 0.2) is 0 Å². The lowest BCUT2D eigenvalue weighted by molar-refractivity contribution is 0.339. The molecule has 0 aromatic heterocycles. The standard InChI is InChI=1S/C21H23BrOSi/c1-21(2,3)24(19-13-7-4-8-14-19,20-15-9-5-10-16-20)23-18-12-6-11-17-22/h4-10,12-16H,18H2,1-3H3/b12-6-. The molecule has 0 aliphatic heterocycles. The second-order valence-corrected chi connectivity index (χ2v) is 11.3. The second kappa shape index (κ2) is 8.48. The van der Waals surface area contributed by atoms with Crippen LogP contribution in [-0.4, -0.2) is 14.9 Å². The van der Waals surface area contributed by atoms with Crippen molar-refractivity contribution in [2.75, 3.05) is 6.61 Å². The van der Waals surface area contributed by atoms with Crippen LogP contribution in [-0.2, 0) is 4.43 Å². The fourth-order valence-corrected chi connectivity index (χ4v) is 7.71. The van der Waals surface area contributed by atoms with Crippen molar-refractivity contribution in [3.05, 3.63) is 72.8 Å². The van der Waals surface area contributed by atoms with Gasteiger partial charge in [0.25, 0.3) is 8.32 Å². The number of allylic oxidation sites excluding steroid dienone is 1. The quantitative estimate of drug-likeness (QED) is 0.532. The van der Waals surface area contributed by atoms with Crippen LogP contribution in [0.1, 0.15) is 20.8 Å². The highest BCUT2D eigenvalue weighted by molar-refractivity contribution is 9.12. The number of benzene rings is 2. The minimum atomic E-state index is -2.42. The van der Waals surface area contributed by atoms with E-state index in [9.17, 15) is 0 Å². The fourth-order valence-electron chi connectivity index (χ4n) is 3.07. The van der Waals surface area contributed by atoms with Crippen molar-refractivity contribution in [3.63, 3.8) is 0 Å². The van der Waals surface area contributed by atoms with Gasteiger partial charge in [-0.05, 0) is 26.3 Å². The van der Waals surface area contributed by atoms with Crippen LogP contribution in [0.2, 0.25) is 5.04 Å². The van der Waals surface area contributed by atoms with Gasteiger partial charge in [0.2, 0.25) is 0 Å². The van der Waals surface area contributed by atoms with Gasteiger partial charge in [-0.1, -0.05) is 93.4 Å². The van der Waals surface area contributed by atoms with Gasteiger partial charge in [-0.3, -0.25) is 0 Å². The van der Waals surface area contributed by atoms with E-state index in [1.54, 1.807) is 0 Å². The second-order valence-electron chi connectivity index (χ2n) is 6.62. The van der Waals surface area contributed by atoms with Gasteiger partial charge in [0.05, 0.1) is 6.61 Å². The molecule has 0 heterocycles. The highest BCUT2D eigenvalue weighted by Gasteiger charge is 2.49. The first kappa shape index (κ1) is 18.7. The summed E-state index contributed by atoms with van der Waals surface area (Å²) in [5.74, 6) is 2.87. The Hall–Kier alpha value is -1.60. The van der Waals surface area contributed by atoms with Crippen LogP contribution in [0.3, 0.4) is 0 Å². The van der Waals surface area contributed by atoms with Gasteiger partial charge in [-0.25, -0.2) is 0 Å². The van der Waals surface area contributed by atoms with Crippen LogP contribution in [0, 0.1) is 10.8 Å². The van der Waals surface area contributed by atoms with Crippen LogP contribution in [0.5, 0.6) is 0 Å². The molecule has 0 fully saturated rings. The summed E-state index contributed by atoms with van der Waals surface area (Å²) in [6.07, 6.45) is 3.81. The summed E-state index contributed by atoms with van der Waals surface area (Å²) in [5, 5.41) is 2.59. The zero-order valence-corrected chi connectivity index (χ0v) is 17.0. The molecular formula is C21H23BrOSi. The molecule has 0 unspecified atom stereocenters. The average Bonchev–Trinajstić information content (AvgIpc) is 2.59. The van der Waals surface area contributed by atoms with Crippen LogP contribution in [0.4, 0.5) is 0 Å². The Balaban J connectivity index is 2.54. The molecular weight excluding hydrogens is 376 g/mol. The lowest BCUT2D eigenvalue weighted by Gasteiger charge is -2.42. The van der Waals surface area contributed by atoms with Gasteiger partial charge >= 0.3 is 0 Å². The van der Waals surface area contributed by atoms with Crippen molar-refractivity contribution < 1.29 is 4.43 Å². The summed E-state index contributed by atoms with van der Waals surface area (Å²) in [4.78, 5) is 2.69. The molecule has 0 saturated carbocycles. The minimum Gasteiger partial charge on any atom is -0.404 e. The van der Waals surface area contributed by atoms with Crippen molar-refractivity contribution in [3.8, 4) is 10.8 Å². The molecule has 3 heteroatoms. The van der Waals surface area contributed by atoms with E-state index in [1.165, 1.54) is 10.4 Å². The van der Waals surface area contributed by atoms with E-state index >= 15 is 0 Å². The number of rotatable bonds is 5. The highest BCUT2D eigenvalue weighted by Crippen LogP contribution is 2.36. The van der Waals surface area contributed by atoms with E-state index < -0.39 is 8.32 Å². The molecule has 24 heavy (non-hydrogen) atoms. The Morgan fingerprint density at radius 1 is 0.958 bits per heavy atom. The maximum Gasteiger partial charge on any atom is 0.261 e. The smallest absolute Gasteiger partial charge is 0.261 e. The number of hydrogen-bond acceptors (Lipinski definition) is 1. The minimum absolute atomic E-state index is 0.00461. The fraction of sp³-hybridized carbons (Fsp3) is 0.238. The molecule has 0 N–H and O–H groups in total. The highest BCUT2D eigenvalue weighted by atomic mass is 79.9. The lowest BCUT2D eigenvalue weighted by atomic mass is 10.2. The van der Waals surface area contributed by atoms with E-state index in [0.717, 1.165) is 0 Å². The van der Waals surface area contributed by atoms with Crippen molar-refractivity contribution in [1.29, 1.82) is 0 Å². The largest absolute Gasteiger partial charge is 0.404 e. The number of halogens is 1. The van der Waals surface area contributed by atoms with Gasteiger partial charge in [0.1, 0.15) is 0 Å². The monoisotopic (exact) mass is 398 g/mol. The maximum absolute atomic E-state index is 6.68. The third kappa shape index (κ3) is 4.07. The molecule has 0 bridgehead atoms. The third-order valence-corrected chi connectivity index (χ3v) is 9.30. The van der Waals surface area contributed by atoms with Gasteiger partial charge in [-0.2, -0.15) is 0 Å². The molecule has 0 saturated heterocycles. The summed E-state index contributed by atoms with van der Waals surface area (Å²) in [5.41, 5.74) is 0. The zero-order valence-electron chi connectivity index (χ0n) is 14.4. The van der Waals surface area contributed by atoms with Crippen molar-refractivity contribution in [1.82, 2.24) is 0 Å². The summed E-state index contributed by atoms with van der Waals surface area (Å²) >= 11 is 3.10. The average molecular weight is 399 g/mol. The zero-order chi connectivity index (χ0) is 17.5. The lowest BCUT2D eigenvalue weighted by Crippen LogP contribution is -2.66. The van der Waals surface area contributed by atoms with Crippen molar-refractivity contribution in [2.24, 2.45) is 0 Å². The van der Waals surface area contributed by atoms with Crippen LogP contribution < -0.4 is 10.4 Å². The Morgan fingerprint density at radius 2 is 1.46 bits per heavy atom. The number of hydrogen-bond donors (Lipinski definition) is 0. The first-order valence-corrected chi connectivity index (χ1v) is 10.7. The van der Waals surface area contributed by atoms with Crippen molar-refractivity contribution in [2.45, 2.75) is 25.8 Å². The molecule has 1 nitrogen and oxygen atoms in total. The molecule has 0 aliphatic carbocycles. The molecule has 2 aromatic rings. The summed E-state index contributed by atoms with van der Waals surface area (Å²) in [7, 11) is -2.42. The molecule has 0 atom stereocenters. The van der Waals surface area contributed by atoms with Crippen LogP contribution in [0.25, 0.3) is 0 Å². The first-order chi connectivity index (χ1) is 11.5. The van der Waals surface area contributed by atoms with Crippen LogP contribution >= 0.6 is 15.9 Å². The SMILES string of the molecule is CC(C)(C)[Si](OC/C=C\C#CBr)(c1ccccc1)c1ccccc1. The first-order valence-electron chi connectivity index (χ1n) is 8.03. The molecule has 124 valence electrons.